The molecule has 3 aromatic rings. The molecule has 0 radical (unpaired) electrons. The summed E-state index contributed by atoms with van der Waals surface area (Å²) in [4.78, 5) is 0. The summed E-state index contributed by atoms with van der Waals surface area (Å²) >= 11 is 1.85. The molecule has 0 spiro atoms. The second-order valence-corrected chi connectivity index (χ2v) is 5.96. The summed E-state index contributed by atoms with van der Waals surface area (Å²) in [5.41, 5.74) is 2.84. The van der Waals surface area contributed by atoms with Crippen LogP contribution in [-0.4, -0.2) is 7.05 Å². The predicted octanol–water partition coefficient (Wildman–Crippen LogP) is 4.79. The minimum Gasteiger partial charge on any atom is -0.313 e. The fourth-order valence-corrected chi connectivity index (χ4v) is 3.66. The van der Waals surface area contributed by atoms with Gasteiger partial charge in [0.2, 0.25) is 0 Å². The third kappa shape index (κ3) is 2.77. The van der Waals surface area contributed by atoms with Crippen LogP contribution in [0, 0.1) is 0 Å². The first-order valence-corrected chi connectivity index (χ1v) is 7.94. The zero-order valence-electron chi connectivity index (χ0n) is 11.7. The normalized spacial score (nSPS) is 12.7. The summed E-state index contributed by atoms with van der Waals surface area (Å²) in [5, 5.41) is 6.98. The molecule has 1 atom stereocenters. The smallest absolute Gasteiger partial charge is 0.0374 e. The molecular formula is C18H19NS. The van der Waals surface area contributed by atoms with Gasteiger partial charge in [0.15, 0.2) is 0 Å². The Bertz CT molecular complexity index is 672. The number of rotatable bonds is 5. The van der Waals surface area contributed by atoms with Gasteiger partial charge in [0.25, 0.3) is 0 Å². The molecule has 2 heteroatoms. The third-order valence-electron chi connectivity index (χ3n) is 3.81. The Hall–Kier alpha value is -1.64. The standard InChI is InChI=1S/C18H19NS/c1-19-17(14-6-3-2-4-7-14)11-10-15-8-5-9-16-12-13-20-18(15)16/h2-9,12-13,17,19H,10-11H2,1H3. The van der Waals surface area contributed by atoms with Gasteiger partial charge in [-0.25, -0.2) is 0 Å². The maximum absolute atomic E-state index is 3.43. The van der Waals surface area contributed by atoms with Crippen LogP contribution in [0.5, 0.6) is 0 Å². The van der Waals surface area contributed by atoms with E-state index in [1.165, 1.54) is 21.2 Å². The van der Waals surface area contributed by atoms with E-state index in [-0.39, 0.29) is 0 Å². The van der Waals surface area contributed by atoms with Crippen LogP contribution in [0.3, 0.4) is 0 Å². The number of hydrogen-bond donors (Lipinski definition) is 1. The molecule has 1 heterocycles. The van der Waals surface area contributed by atoms with Crippen LogP contribution in [0.15, 0.2) is 60.0 Å². The highest BCUT2D eigenvalue weighted by atomic mass is 32.1. The molecule has 0 aliphatic heterocycles. The summed E-state index contributed by atoms with van der Waals surface area (Å²) < 4.78 is 1.44. The zero-order chi connectivity index (χ0) is 13.8. The first kappa shape index (κ1) is 13.3. The molecule has 1 unspecified atom stereocenters. The van der Waals surface area contributed by atoms with Gasteiger partial charge in [0, 0.05) is 10.7 Å². The van der Waals surface area contributed by atoms with Gasteiger partial charge in [-0.2, -0.15) is 0 Å². The van der Waals surface area contributed by atoms with Crippen LogP contribution in [0.2, 0.25) is 0 Å². The number of nitrogens with one attached hydrogen (secondary N) is 1. The van der Waals surface area contributed by atoms with E-state index in [1.54, 1.807) is 0 Å². The molecule has 1 N–H and O–H groups in total. The van der Waals surface area contributed by atoms with E-state index in [9.17, 15) is 0 Å². The van der Waals surface area contributed by atoms with Crippen molar-refractivity contribution in [3.63, 3.8) is 0 Å². The van der Waals surface area contributed by atoms with Crippen molar-refractivity contribution in [3.05, 3.63) is 71.1 Å². The van der Waals surface area contributed by atoms with E-state index in [0.29, 0.717) is 6.04 Å². The van der Waals surface area contributed by atoms with Crippen LogP contribution in [0.1, 0.15) is 23.6 Å². The topological polar surface area (TPSA) is 12.0 Å². The molecular weight excluding hydrogens is 262 g/mol. The number of fused-ring (bicyclic) bond motifs is 1. The summed E-state index contributed by atoms with van der Waals surface area (Å²) in [6, 6.07) is 19.9. The number of aryl methyl sites for hydroxylation is 1. The second kappa shape index (κ2) is 6.21. The van der Waals surface area contributed by atoms with Crippen molar-refractivity contribution in [1.82, 2.24) is 5.32 Å². The Labute approximate surface area is 124 Å². The van der Waals surface area contributed by atoms with Gasteiger partial charge in [0.05, 0.1) is 0 Å². The molecule has 0 fully saturated rings. The molecule has 0 aliphatic carbocycles. The van der Waals surface area contributed by atoms with Gasteiger partial charge in [-0.1, -0.05) is 48.5 Å². The minimum atomic E-state index is 0.423. The zero-order valence-corrected chi connectivity index (χ0v) is 12.5. The molecule has 0 aliphatic rings. The number of benzene rings is 2. The lowest BCUT2D eigenvalue weighted by atomic mass is 9.98. The average molecular weight is 281 g/mol. The Kier molecular flexibility index (Phi) is 4.14. The molecule has 2 aromatic carbocycles. The average Bonchev–Trinajstić information content (AvgIpc) is 2.98. The Morgan fingerprint density at radius 1 is 1.00 bits per heavy atom. The van der Waals surface area contributed by atoms with Crippen molar-refractivity contribution < 1.29 is 0 Å². The highest BCUT2D eigenvalue weighted by molar-refractivity contribution is 7.17. The minimum absolute atomic E-state index is 0.423. The Morgan fingerprint density at radius 3 is 2.65 bits per heavy atom. The van der Waals surface area contributed by atoms with E-state index in [0.717, 1.165) is 12.8 Å². The van der Waals surface area contributed by atoms with Crippen LogP contribution >= 0.6 is 11.3 Å². The fraction of sp³-hybridized carbons (Fsp3) is 0.222. The van der Waals surface area contributed by atoms with Crippen molar-refractivity contribution in [2.75, 3.05) is 7.05 Å². The SMILES string of the molecule is CNC(CCc1cccc2ccsc12)c1ccccc1. The largest absolute Gasteiger partial charge is 0.313 e. The molecule has 0 saturated carbocycles. The Morgan fingerprint density at radius 2 is 1.85 bits per heavy atom. The molecule has 0 bridgehead atoms. The van der Waals surface area contributed by atoms with Gasteiger partial charge in [-0.15, -0.1) is 11.3 Å². The molecule has 0 amide bonds. The molecule has 0 saturated heterocycles. The quantitative estimate of drug-likeness (QED) is 0.708. The molecule has 1 nitrogen and oxygen atoms in total. The fourth-order valence-electron chi connectivity index (χ4n) is 2.71. The van der Waals surface area contributed by atoms with Crippen LogP contribution in [0.4, 0.5) is 0 Å². The lowest BCUT2D eigenvalue weighted by molar-refractivity contribution is 0.550. The maximum Gasteiger partial charge on any atom is 0.0374 e. The Balaban J connectivity index is 1.77. The summed E-state index contributed by atoms with van der Waals surface area (Å²) in [5.74, 6) is 0. The molecule has 102 valence electrons. The summed E-state index contributed by atoms with van der Waals surface area (Å²) in [7, 11) is 2.05. The summed E-state index contributed by atoms with van der Waals surface area (Å²) in [6.45, 7) is 0. The van der Waals surface area contributed by atoms with Crippen LogP contribution < -0.4 is 5.32 Å². The highest BCUT2D eigenvalue weighted by Crippen LogP contribution is 2.27. The molecule has 3 rings (SSSR count). The number of thiophene rings is 1. The highest BCUT2D eigenvalue weighted by Gasteiger charge is 2.10. The van der Waals surface area contributed by atoms with Crippen molar-refractivity contribution in [3.8, 4) is 0 Å². The second-order valence-electron chi connectivity index (χ2n) is 5.05. The van der Waals surface area contributed by atoms with E-state index in [2.05, 4.69) is 65.3 Å². The lowest BCUT2D eigenvalue weighted by Crippen LogP contribution is -2.17. The van der Waals surface area contributed by atoms with E-state index in [1.807, 2.05) is 18.4 Å². The van der Waals surface area contributed by atoms with Gasteiger partial charge < -0.3 is 5.32 Å². The van der Waals surface area contributed by atoms with E-state index < -0.39 is 0 Å². The van der Waals surface area contributed by atoms with Crippen molar-refractivity contribution in [2.24, 2.45) is 0 Å². The first-order valence-electron chi connectivity index (χ1n) is 7.06. The van der Waals surface area contributed by atoms with Crippen molar-refractivity contribution in [1.29, 1.82) is 0 Å². The third-order valence-corrected chi connectivity index (χ3v) is 4.82. The monoisotopic (exact) mass is 281 g/mol. The predicted molar refractivity (Wildman–Crippen MR) is 88.4 cm³/mol. The van der Waals surface area contributed by atoms with Crippen LogP contribution in [0.25, 0.3) is 10.1 Å². The van der Waals surface area contributed by atoms with Crippen molar-refractivity contribution >= 4 is 21.4 Å². The van der Waals surface area contributed by atoms with Crippen molar-refractivity contribution in [2.45, 2.75) is 18.9 Å². The maximum atomic E-state index is 3.43. The van der Waals surface area contributed by atoms with Gasteiger partial charge >= 0.3 is 0 Å². The molecule has 1 aromatic heterocycles. The first-order chi connectivity index (χ1) is 9.88. The van der Waals surface area contributed by atoms with Gasteiger partial charge in [-0.3, -0.25) is 0 Å². The van der Waals surface area contributed by atoms with E-state index >= 15 is 0 Å². The van der Waals surface area contributed by atoms with Gasteiger partial charge in [-0.05, 0) is 47.8 Å². The molecule has 20 heavy (non-hydrogen) atoms. The van der Waals surface area contributed by atoms with Gasteiger partial charge in [0.1, 0.15) is 0 Å². The lowest BCUT2D eigenvalue weighted by Gasteiger charge is -2.16. The van der Waals surface area contributed by atoms with Crippen LogP contribution in [-0.2, 0) is 6.42 Å². The van der Waals surface area contributed by atoms with E-state index in [4.69, 9.17) is 0 Å². The number of hydrogen-bond acceptors (Lipinski definition) is 2. The summed E-state index contributed by atoms with van der Waals surface area (Å²) in [6.07, 6.45) is 2.23.